The summed E-state index contributed by atoms with van der Waals surface area (Å²) in [6, 6.07) is 6.99. The number of nitrogens with two attached hydrogens (primary N) is 1. The Morgan fingerprint density at radius 1 is 1.15 bits per heavy atom. The Hall–Kier alpha value is -1.02. The second-order valence-electron chi connectivity index (χ2n) is 6.80. The maximum atomic E-state index is 5.80. The molecule has 1 aliphatic heterocycles. The van der Waals surface area contributed by atoms with Crippen LogP contribution in [0.4, 0.5) is 5.69 Å². The first-order valence-corrected chi connectivity index (χ1v) is 8.31. The van der Waals surface area contributed by atoms with E-state index >= 15 is 0 Å². The normalized spacial score (nSPS) is 26.4. The minimum absolute atomic E-state index is 0.794. The van der Waals surface area contributed by atoms with Crippen LogP contribution < -0.4 is 10.6 Å². The predicted molar refractivity (Wildman–Crippen MR) is 86.2 cm³/mol. The molecule has 2 nitrogen and oxygen atoms in total. The molecule has 110 valence electrons. The molecule has 1 aromatic rings. The Bertz CT molecular complexity index is 447. The van der Waals surface area contributed by atoms with Crippen LogP contribution in [0.5, 0.6) is 0 Å². The molecule has 0 amide bonds. The summed E-state index contributed by atoms with van der Waals surface area (Å²) < 4.78 is 0. The molecule has 0 unspecified atom stereocenters. The third-order valence-corrected chi connectivity index (χ3v) is 5.23. The highest BCUT2D eigenvalue weighted by atomic mass is 15.1. The minimum Gasteiger partial charge on any atom is -0.371 e. The minimum atomic E-state index is 0.794. The number of nitrogens with zero attached hydrogens (tertiary/aromatic N) is 1. The number of aryl methyl sites for hydroxylation is 2. The molecule has 0 bridgehead atoms. The molecule has 0 aromatic heterocycles. The van der Waals surface area contributed by atoms with E-state index in [0.29, 0.717) is 0 Å². The fourth-order valence-electron chi connectivity index (χ4n) is 3.95. The molecule has 0 spiro atoms. The van der Waals surface area contributed by atoms with Crippen LogP contribution in [0, 0.1) is 18.8 Å². The van der Waals surface area contributed by atoms with E-state index in [4.69, 9.17) is 5.73 Å². The van der Waals surface area contributed by atoms with Crippen LogP contribution in [-0.2, 0) is 6.42 Å². The van der Waals surface area contributed by atoms with Crippen molar-refractivity contribution in [2.24, 2.45) is 17.6 Å². The molecule has 2 heteroatoms. The van der Waals surface area contributed by atoms with Gasteiger partial charge in [0, 0.05) is 18.8 Å². The summed E-state index contributed by atoms with van der Waals surface area (Å²) in [5.74, 6) is 1.67. The van der Waals surface area contributed by atoms with Gasteiger partial charge in [0.25, 0.3) is 0 Å². The van der Waals surface area contributed by atoms with Gasteiger partial charge in [-0.25, -0.2) is 0 Å². The molecule has 1 aromatic carbocycles. The van der Waals surface area contributed by atoms with Gasteiger partial charge in [-0.05, 0) is 75.5 Å². The summed E-state index contributed by atoms with van der Waals surface area (Å²) in [6.45, 7) is 5.59. The molecule has 0 saturated heterocycles. The highest BCUT2D eigenvalue weighted by Gasteiger charge is 2.24. The molecule has 1 heterocycles. The van der Waals surface area contributed by atoms with Gasteiger partial charge in [0.15, 0.2) is 0 Å². The molecule has 0 radical (unpaired) electrons. The molecule has 2 aliphatic rings. The van der Waals surface area contributed by atoms with Gasteiger partial charge in [-0.1, -0.05) is 17.7 Å². The maximum absolute atomic E-state index is 5.80. The van der Waals surface area contributed by atoms with Crippen molar-refractivity contribution in [2.45, 2.75) is 45.4 Å². The Morgan fingerprint density at radius 3 is 2.65 bits per heavy atom. The summed E-state index contributed by atoms with van der Waals surface area (Å²) in [5.41, 5.74) is 10.3. The number of hydrogen-bond donors (Lipinski definition) is 1. The van der Waals surface area contributed by atoms with Gasteiger partial charge in [-0.3, -0.25) is 0 Å². The van der Waals surface area contributed by atoms with E-state index in [0.717, 1.165) is 18.4 Å². The smallest absolute Gasteiger partial charge is 0.0399 e. The van der Waals surface area contributed by atoms with Crippen molar-refractivity contribution in [2.75, 3.05) is 24.5 Å². The van der Waals surface area contributed by atoms with Crippen molar-refractivity contribution < 1.29 is 0 Å². The average Bonchev–Trinajstić information content (AvgIpc) is 2.48. The highest BCUT2D eigenvalue weighted by molar-refractivity contribution is 5.56. The molecule has 1 fully saturated rings. The molecular weight excluding hydrogens is 244 g/mol. The Labute approximate surface area is 123 Å². The van der Waals surface area contributed by atoms with Crippen molar-refractivity contribution in [3.8, 4) is 0 Å². The Balaban J connectivity index is 1.65. The first-order valence-electron chi connectivity index (χ1n) is 8.31. The molecule has 1 aliphatic carbocycles. The number of benzene rings is 1. The highest BCUT2D eigenvalue weighted by Crippen LogP contribution is 2.33. The van der Waals surface area contributed by atoms with Gasteiger partial charge >= 0.3 is 0 Å². The first-order chi connectivity index (χ1) is 9.76. The van der Waals surface area contributed by atoms with Crippen LogP contribution in [0.3, 0.4) is 0 Å². The van der Waals surface area contributed by atoms with Crippen molar-refractivity contribution in [3.05, 3.63) is 29.3 Å². The zero-order chi connectivity index (χ0) is 13.9. The lowest BCUT2D eigenvalue weighted by atomic mass is 9.81. The number of rotatable bonds is 3. The maximum Gasteiger partial charge on any atom is 0.0399 e. The zero-order valence-electron chi connectivity index (χ0n) is 12.8. The summed E-state index contributed by atoms with van der Waals surface area (Å²) in [6.07, 6.45) is 8.01. The monoisotopic (exact) mass is 272 g/mol. The first kappa shape index (κ1) is 13.9. The third-order valence-electron chi connectivity index (χ3n) is 5.23. The SMILES string of the molecule is Cc1ccc2c(c1)CCCN2CC1CCC(CN)CC1. The summed E-state index contributed by atoms with van der Waals surface area (Å²) in [4.78, 5) is 2.64. The van der Waals surface area contributed by atoms with Gasteiger partial charge < -0.3 is 10.6 Å². The standard InChI is InChI=1S/C18H28N2/c1-14-4-9-18-17(11-14)3-2-10-20(18)13-16-7-5-15(12-19)6-8-16/h4,9,11,15-16H,2-3,5-8,10,12-13,19H2,1H3. The van der Waals surface area contributed by atoms with E-state index in [2.05, 4.69) is 30.0 Å². The second kappa shape index (κ2) is 6.17. The number of fused-ring (bicyclic) bond motifs is 1. The van der Waals surface area contributed by atoms with Gasteiger partial charge in [0.05, 0.1) is 0 Å². The van der Waals surface area contributed by atoms with Crippen LogP contribution in [0.1, 0.15) is 43.2 Å². The Morgan fingerprint density at radius 2 is 1.90 bits per heavy atom. The van der Waals surface area contributed by atoms with Crippen LogP contribution in [-0.4, -0.2) is 19.6 Å². The third kappa shape index (κ3) is 3.01. The quantitative estimate of drug-likeness (QED) is 0.912. The average molecular weight is 272 g/mol. The molecule has 3 rings (SSSR count). The predicted octanol–water partition coefficient (Wildman–Crippen LogP) is 3.51. The van der Waals surface area contributed by atoms with Gasteiger partial charge in [0.1, 0.15) is 0 Å². The van der Waals surface area contributed by atoms with E-state index in [1.54, 1.807) is 5.56 Å². The van der Waals surface area contributed by atoms with Crippen molar-refractivity contribution in [1.82, 2.24) is 0 Å². The summed E-state index contributed by atoms with van der Waals surface area (Å²) in [5, 5.41) is 0. The molecule has 2 N–H and O–H groups in total. The van der Waals surface area contributed by atoms with Crippen molar-refractivity contribution in [1.29, 1.82) is 0 Å². The largest absolute Gasteiger partial charge is 0.371 e. The van der Waals surface area contributed by atoms with E-state index < -0.39 is 0 Å². The molecular formula is C18H28N2. The lowest BCUT2D eigenvalue weighted by Gasteiger charge is -2.37. The fraction of sp³-hybridized carbons (Fsp3) is 0.667. The van der Waals surface area contributed by atoms with Crippen LogP contribution in [0.15, 0.2) is 18.2 Å². The van der Waals surface area contributed by atoms with Crippen molar-refractivity contribution >= 4 is 5.69 Å². The second-order valence-corrected chi connectivity index (χ2v) is 6.80. The van der Waals surface area contributed by atoms with E-state index in [-0.39, 0.29) is 0 Å². The van der Waals surface area contributed by atoms with Crippen molar-refractivity contribution in [3.63, 3.8) is 0 Å². The fourth-order valence-corrected chi connectivity index (χ4v) is 3.95. The lowest BCUT2D eigenvalue weighted by molar-refractivity contribution is 0.280. The van der Waals surface area contributed by atoms with E-state index in [1.807, 2.05) is 0 Å². The van der Waals surface area contributed by atoms with Crippen LogP contribution >= 0.6 is 0 Å². The zero-order valence-corrected chi connectivity index (χ0v) is 12.8. The summed E-state index contributed by atoms with van der Waals surface area (Å²) >= 11 is 0. The van der Waals surface area contributed by atoms with E-state index in [9.17, 15) is 0 Å². The lowest BCUT2D eigenvalue weighted by Crippen LogP contribution is -2.36. The van der Waals surface area contributed by atoms with Gasteiger partial charge in [-0.2, -0.15) is 0 Å². The van der Waals surface area contributed by atoms with E-state index in [1.165, 1.54) is 62.9 Å². The molecule has 0 atom stereocenters. The topological polar surface area (TPSA) is 29.3 Å². The molecule has 1 saturated carbocycles. The van der Waals surface area contributed by atoms with Gasteiger partial charge in [-0.15, -0.1) is 0 Å². The summed E-state index contributed by atoms with van der Waals surface area (Å²) in [7, 11) is 0. The number of anilines is 1. The number of hydrogen-bond acceptors (Lipinski definition) is 2. The van der Waals surface area contributed by atoms with Gasteiger partial charge in [0.2, 0.25) is 0 Å². The van der Waals surface area contributed by atoms with Crippen LogP contribution in [0.2, 0.25) is 0 Å². The van der Waals surface area contributed by atoms with Crippen LogP contribution in [0.25, 0.3) is 0 Å². The Kier molecular flexibility index (Phi) is 4.30. The molecule has 20 heavy (non-hydrogen) atoms.